The topological polar surface area (TPSA) is 64.6 Å². The first-order chi connectivity index (χ1) is 11.2. The lowest BCUT2D eigenvalue weighted by Gasteiger charge is -2.22. The van der Waals surface area contributed by atoms with Crippen LogP contribution in [0, 0.1) is 0 Å². The van der Waals surface area contributed by atoms with Crippen molar-refractivity contribution in [1.29, 1.82) is 0 Å². The lowest BCUT2D eigenvalue weighted by atomic mass is 10.0. The fraction of sp³-hybridized carbons (Fsp3) is 0.474. The van der Waals surface area contributed by atoms with Crippen molar-refractivity contribution in [3.05, 3.63) is 47.5 Å². The van der Waals surface area contributed by atoms with Gasteiger partial charge >= 0.3 is 12.1 Å². The molecule has 1 rings (SSSR count). The number of alkyl carbamates (subject to hydrolysis) is 1. The molecule has 1 amide bonds. The smallest absolute Gasteiger partial charge is 0.408 e. The third-order valence-corrected chi connectivity index (χ3v) is 3.05. The molecule has 132 valence electrons. The molecule has 5 heteroatoms. The van der Waals surface area contributed by atoms with E-state index in [0.717, 1.165) is 5.56 Å². The molecule has 0 heterocycles. The van der Waals surface area contributed by atoms with Gasteiger partial charge in [0.05, 0.1) is 12.6 Å². The number of carbonyl (C=O) groups is 2. The van der Waals surface area contributed by atoms with Crippen LogP contribution in [0.15, 0.2) is 42.0 Å². The van der Waals surface area contributed by atoms with Crippen molar-refractivity contribution in [2.24, 2.45) is 0 Å². The van der Waals surface area contributed by atoms with Crippen LogP contribution in [0.25, 0.3) is 0 Å². The molecule has 0 spiro atoms. The summed E-state index contributed by atoms with van der Waals surface area (Å²) < 4.78 is 10.3. The molecule has 0 aliphatic heterocycles. The summed E-state index contributed by atoms with van der Waals surface area (Å²) in [7, 11) is 0. The average Bonchev–Trinajstić information content (AvgIpc) is 2.46. The van der Waals surface area contributed by atoms with Crippen LogP contribution in [-0.2, 0) is 20.7 Å². The Kier molecular flexibility index (Phi) is 7.49. The Labute approximate surface area is 144 Å². The number of ether oxygens (including phenoxy) is 2. The molecular weight excluding hydrogens is 306 g/mol. The third kappa shape index (κ3) is 7.81. The molecule has 1 N–H and O–H groups in total. The van der Waals surface area contributed by atoms with Crippen LogP contribution in [0.1, 0.15) is 40.2 Å². The van der Waals surface area contributed by atoms with Crippen molar-refractivity contribution in [1.82, 2.24) is 5.32 Å². The minimum absolute atomic E-state index is 0.312. The number of hydrogen-bond acceptors (Lipinski definition) is 4. The molecule has 5 nitrogen and oxygen atoms in total. The molecule has 1 aromatic carbocycles. The van der Waals surface area contributed by atoms with Crippen molar-refractivity contribution >= 4 is 12.1 Å². The quantitative estimate of drug-likeness (QED) is 0.638. The Balaban J connectivity index is 2.88. The minimum atomic E-state index is -0.582. The largest absolute Gasteiger partial charge is 0.463 e. The third-order valence-electron chi connectivity index (χ3n) is 3.05. The maximum atomic E-state index is 12.1. The van der Waals surface area contributed by atoms with E-state index in [0.29, 0.717) is 18.6 Å². The second-order valence-electron chi connectivity index (χ2n) is 6.51. The average molecular weight is 333 g/mol. The minimum Gasteiger partial charge on any atom is -0.463 e. The van der Waals surface area contributed by atoms with E-state index in [1.54, 1.807) is 40.7 Å². The van der Waals surface area contributed by atoms with E-state index in [2.05, 4.69) is 5.32 Å². The van der Waals surface area contributed by atoms with E-state index in [4.69, 9.17) is 9.47 Å². The van der Waals surface area contributed by atoms with Gasteiger partial charge in [-0.3, -0.25) is 0 Å². The number of amides is 1. The molecule has 0 aliphatic carbocycles. The zero-order valence-electron chi connectivity index (χ0n) is 15.1. The van der Waals surface area contributed by atoms with Crippen LogP contribution < -0.4 is 5.32 Å². The van der Waals surface area contributed by atoms with Crippen LogP contribution in [0.4, 0.5) is 4.79 Å². The molecule has 1 atom stereocenters. The number of nitrogens with one attached hydrogen (secondary N) is 1. The van der Waals surface area contributed by atoms with Gasteiger partial charge < -0.3 is 14.8 Å². The standard InChI is InChI=1S/C19H27NO4/c1-6-23-17(21)14(2)12-16(13-15-10-8-7-9-11-15)20-18(22)24-19(3,4)5/h7-12,16H,6,13H2,1-5H3,(H,20,22)/b14-12+/t16-/m1/s1. The highest BCUT2D eigenvalue weighted by atomic mass is 16.6. The van der Waals surface area contributed by atoms with Gasteiger partial charge in [0.2, 0.25) is 0 Å². The Morgan fingerprint density at radius 1 is 1.21 bits per heavy atom. The molecule has 0 saturated heterocycles. The van der Waals surface area contributed by atoms with Crippen molar-refractivity contribution in [2.75, 3.05) is 6.61 Å². The fourth-order valence-electron chi connectivity index (χ4n) is 2.09. The Bertz CT molecular complexity index is 573. The number of benzene rings is 1. The first kappa shape index (κ1) is 19.7. The molecule has 0 bridgehead atoms. The van der Waals surface area contributed by atoms with E-state index in [-0.39, 0.29) is 12.0 Å². The molecule has 0 unspecified atom stereocenters. The molecule has 1 aromatic rings. The number of esters is 1. The summed E-state index contributed by atoms with van der Waals surface area (Å²) in [6.45, 7) is 9.15. The van der Waals surface area contributed by atoms with Gasteiger partial charge in [0.1, 0.15) is 5.60 Å². The predicted molar refractivity (Wildman–Crippen MR) is 93.7 cm³/mol. The first-order valence-corrected chi connectivity index (χ1v) is 8.10. The fourth-order valence-corrected chi connectivity index (χ4v) is 2.09. The van der Waals surface area contributed by atoms with E-state index >= 15 is 0 Å². The molecule has 0 radical (unpaired) electrons. The van der Waals surface area contributed by atoms with Crippen molar-refractivity contribution in [3.63, 3.8) is 0 Å². The van der Waals surface area contributed by atoms with Crippen LogP contribution in [0.5, 0.6) is 0 Å². The van der Waals surface area contributed by atoms with Crippen molar-refractivity contribution in [2.45, 2.75) is 52.7 Å². The summed E-state index contributed by atoms with van der Waals surface area (Å²) in [4.78, 5) is 23.9. The van der Waals surface area contributed by atoms with Gasteiger partial charge in [0.15, 0.2) is 0 Å². The molecule has 0 fully saturated rings. The summed E-state index contributed by atoms with van der Waals surface area (Å²) in [6, 6.07) is 9.36. The van der Waals surface area contributed by atoms with Gasteiger partial charge in [0, 0.05) is 5.57 Å². The maximum Gasteiger partial charge on any atom is 0.408 e. The maximum absolute atomic E-state index is 12.1. The van der Waals surface area contributed by atoms with Crippen LogP contribution in [0.2, 0.25) is 0 Å². The van der Waals surface area contributed by atoms with Gasteiger partial charge in [-0.25, -0.2) is 9.59 Å². The summed E-state index contributed by atoms with van der Waals surface area (Å²) in [5.74, 6) is -0.387. The molecular formula is C19H27NO4. The van der Waals surface area contributed by atoms with Crippen molar-refractivity contribution < 1.29 is 19.1 Å². The number of carbonyl (C=O) groups excluding carboxylic acids is 2. The lowest BCUT2D eigenvalue weighted by molar-refractivity contribution is -0.138. The highest BCUT2D eigenvalue weighted by Gasteiger charge is 2.19. The monoisotopic (exact) mass is 333 g/mol. The normalized spacial score (nSPS) is 13.1. The van der Waals surface area contributed by atoms with Gasteiger partial charge in [-0.15, -0.1) is 0 Å². The summed E-state index contributed by atoms with van der Waals surface area (Å²) in [5.41, 5.74) is 0.918. The van der Waals surface area contributed by atoms with Gasteiger partial charge in [-0.1, -0.05) is 36.4 Å². The van der Waals surface area contributed by atoms with E-state index in [1.807, 2.05) is 30.3 Å². The zero-order chi connectivity index (χ0) is 18.2. The second kappa shape index (κ2) is 9.11. The second-order valence-corrected chi connectivity index (χ2v) is 6.51. The molecule has 0 aliphatic rings. The van der Waals surface area contributed by atoms with E-state index in [9.17, 15) is 9.59 Å². The Hall–Kier alpha value is -2.30. The van der Waals surface area contributed by atoms with Crippen molar-refractivity contribution in [3.8, 4) is 0 Å². The summed E-state index contributed by atoms with van der Waals surface area (Å²) >= 11 is 0. The number of hydrogen-bond donors (Lipinski definition) is 1. The molecule has 24 heavy (non-hydrogen) atoms. The predicted octanol–water partition coefficient (Wildman–Crippen LogP) is 3.63. The first-order valence-electron chi connectivity index (χ1n) is 8.10. The Morgan fingerprint density at radius 3 is 2.38 bits per heavy atom. The lowest BCUT2D eigenvalue weighted by Crippen LogP contribution is -2.39. The van der Waals surface area contributed by atoms with E-state index < -0.39 is 11.7 Å². The van der Waals surface area contributed by atoms with Gasteiger partial charge in [-0.05, 0) is 46.6 Å². The SMILES string of the molecule is CCOC(=O)/C(C)=C/[C@H](Cc1ccccc1)NC(=O)OC(C)(C)C. The number of rotatable bonds is 6. The molecule has 0 saturated carbocycles. The summed E-state index contributed by atoms with van der Waals surface area (Å²) in [5, 5.41) is 2.80. The zero-order valence-corrected chi connectivity index (χ0v) is 15.1. The molecule has 0 aromatic heterocycles. The highest BCUT2D eigenvalue weighted by Crippen LogP contribution is 2.10. The van der Waals surface area contributed by atoms with E-state index in [1.165, 1.54) is 0 Å². The van der Waals surface area contributed by atoms with Crippen LogP contribution >= 0.6 is 0 Å². The van der Waals surface area contributed by atoms with Gasteiger partial charge in [-0.2, -0.15) is 0 Å². The van der Waals surface area contributed by atoms with Crippen LogP contribution in [-0.4, -0.2) is 30.3 Å². The van der Waals surface area contributed by atoms with Gasteiger partial charge in [0.25, 0.3) is 0 Å². The highest BCUT2D eigenvalue weighted by molar-refractivity contribution is 5.88. The Morgan fingerprint density at radius 2 is 1.83 bits per heavy atom. The summed E-state index contributed by atoms with van der Waals surface area (Å²) in [6.07, 6.45) is 1.74. The van der Waals surface area contributed by atoms with Crippen LogP contribution in [0.3, 0.4) is 0 Å².